The number of rotatable bonds is 7. The standard InChI is InChI=1S/C28H25NO5/c1-4-32-25-17-19(10-15-24(25)33-27(30)18(2)3)16-23-28(31)34-26(29-23)22-13-11-21(12-14-22)20-8-6-5-7-9-20/h5-18H,4H2,1-3H3/b23-16-. The summed E-state index contributed by atoms with van der Waals surface area (Å²) in [6.07, 6.45) is 1.62. The van der Waals surface area contributed by atoms with Crippen LogP contribution in [-0.4, -0.2) is 24.4 Å². The summed E-state index contributed by atoms with van der Waals surface area (Å²) in [4.78, 5) is 28.8. The molecule has 0 radical (unpaired) electrons. The van der Waals surface area contributed by atoms with Crippen LogP contribution in [0.4, 0.5) is 0 Å². The fourth-order valence-electron chi connectivity index (χ4n) is 3.32. The molecule has 0 saturated carbocycles. The molecule has 0 atom stereocenters. The quantitative estimate of drug-likeness (QED) is 0.261. The first-order valence-electron chi connectivity index (χ1n) is 11.1. The number of esters is 2. The molecule has 0 aromatic heterocycles. The van der Waals surface area contributed by atoms with Crippen LogP contribution in [0.2, 0.25) is 0 Å². The topological polar surface area (TPSA) is 74.2 Å². The molecule has 3 aromatic rings. The Balaban J connectivity index is 1.57. The molecule has 4 rings (SSSR count). The predicted octanol–water partition coefficient (Wildman–Crippen LogP) is 5.66. The third-order valence-corrected chi connectivity index (χ3v) is 5.11. The molecule has 0 aliphatic carbocycles. The summed E-state index contributed by atoms with van der Waals surface area (Å²) in [6, 6.07) is 22.8. The van der Waals surface area contributed by atoms with Crippen molar-refractivity contribution >= 4 is 23.9 Å². The Morgan fingerprint density at radius 2 is 1.62 bits per heavy atom. The van der Waals surface area contributed by atoms with E-state index in [4.69, 9.17) is 14.2 Å². The lowest BCUT2D eigenvalue weighted by atomic mass is 10.0. The first-order valence-corrected chi connectivity index (χ1v) is 11.1. The van der Waals surface area contributed by atoms with Crippen molar-refractivity contribution in [2.45, 2.75) is 20.8 Å². The highest BCUT2D eigenvalue weighted by molar-refractivity contribution is 6.13. The molecule has 1 aliphatic heterocycles. The molecule has 0 amide bonds. The van der Waals surface area contributed by atoms with Crippen LogP contribution < -0.4 is 9.47 Å². The number of nitrogens with zero attached hydrogens (tertiary/aromatic N) is 1. The average Bonchev–Trinajstić information content (AvgIpc) is 3.21. The van der Waals surface area contributed by atoms with Crippen molar-refractivity contribution < 1.29 is 23.8 Å². The van der Waals surface area contributed by atoms with E-state index in [0.29, 0.717) is 29.2 Å². The number of carbonyl (C=O) groups is 2. The number of benzene rings is 3. The van der Waals surface area contributed by atoms with E-state index in [0.717, 1.165) is 11.1 Å². The molecule has 1 aliphatic rings. The van der Waals surface area contributed by atoms with Gasteiger partial charge in [0.1, 0.15) is 0 Å². The van der Waals surface area contributed by atoms with E-state index in [1.54, 1.807) is 38.1 Å². The molecule has 0 bridgehead atoms. The highest BCUT2D eigenvalue weighted by Crippen LogP contribution is 2.31. The van der Waals surface area contributed by atoms with Crippen LogP contribution in [0.15, 0.2) is 83.5 Å². The van der Waals surface area contributed by atoms with E-state index in [2.05, 4.69) is 4.99 Å². The van der Waals surface area contributed by atoms with Gasteiger partial charge in [-0.3, -0.25) is 4.79 Å². The number of aliphatic imine (C=N–C) groups is 1. The Bertz CT molecular complexity index is 1260. The normalized spacial score (nSPS) is 14.2. The van der Waals surface area contributed by atoms with Crippen molar-refractivity contribution in [1.29, 1.82) is 0 Å². The summed E-state index contributed by atoms with van der Waals surface area (Å²) < 4.78 is 16.4. The van der Waals surface area contributed by atoms with E-state index in [1.807, 2.05) is 61.5 Å². The van der Waals surface area contributed by atoms with Crippen molar-refractivity contribution in [3.8, 4) is 22.6 Å². The minimum atomic E-state index is -0.532. The van der Waals surface area contributed by atoms with Crippen LogP contribution in [0.1, 0.15) is 31.9 Å². The third kappa shape index (κ3) is 5.23. The van der Waals surface area contributed by atoms with Crippen molar-refractivity contribution in [2.75, 3.05) is 6.61 Å². The molecule has 6 heteroatoms. The molecule has 34 heavy (non-hydrogen) atoms. The third-order valence-electron chi connectivity index (χ3n) is 5.11. The Labute approximate surface area is 198 Å². The van der Waals surface area contributed by atoms with Crippen LogP contribution in [0.25, 0.3) is 17.2 Å². The van der Waals surface area contributed by atoms with Gasteiger partial charge in [-0.1, -0.05) is 62.4 Å². The van der Waals surface area contributed by atoms with Gasteiger partial charge in [-0.15, -0.1) is 0 Å². The Hall–Kier alpha value is -4.19. The van der Waals surface area contributed by atoms with E-state index in [1.165, 1.54) is 0 Å². The monoisotopic (exact) mass is 455 g/mol. The first-order chi connectivity index (χ1) is 16.4. The minimum absolute atomic E-state index is 0.177. The second-order valence-electron chi connectivity index (χ2n) is 7.99. The average molecular weight is 456 g/mol. The van der Waals surface area contributed by atoms with E-state index in [-0.39, 0.29) is 23.5 Å². The Kier molecular flexibility index (Phi) is 6.87. The molecule has 0 N–H and O–H groups in total. The maximum absolute atomic E-state index is 12.4. The lowest BCUT2D eigenvalue weighted by Gasteiger charge is -2.12. The molecule has 0 saturated heterocycles. The van der Waals surface area contributed by atoms with E-state index in [9.17, 15) is 9.59 Å². The Morgan fingerprint density at radius 3 is 2.29 bits per heavy atom. The van der Waals surface area contributed by atoms with Gasteiger partial charge in [0, 0.05) is 5.56 Å². The fourth-order valence-corrected chi connectivity index (χ4v) is 3.32. The highest BCUT2D eigenvalue weighted by Gasteiger charge is 2.24. The molecular weight excluding hydrogens is 430 g/mol. The van der Waals surface area contributed by atoms with Gasteiger partial charge in [-0.25, -0.2) is 9.79 Å². The van der Waals surface area contributed by atoms with Gasteiger partial charge < -0.3 is 14.2 Å². The second-order valence-corrected chi connectivity index (χ2v) is 7.99. The largest absolute Gasteiger partial charge is 0.490 e. The number of carbonyl (C=O) groups excluding carboxylic acids is 2. The Morgan fingerprint density at radius 1 is 0.941 bits per heavy atom. The number of hydrogen-bond donors (Lipinski definition) is 0. The molecule has 3 aromatic carbocycles. The van der Waals surface area contributed by atoms with Gasteiger partial charge in [0.05, 0.1) is 12.5 Å². The van der Waals surface area contributed by atoms with Gasteiger partial charge >= 0.3 is 11.9 Å². The van der Waals surface area contributed by atoms with Crippen LogP contribution in [-0.2, 0) is 14.3 Å². The van der Waals surface area contributed by atoms with Gasteiger partial charge in [-0.05, 0) is 54.0 Å². The lowest BCUT2D eigenvalue weighted by molar-refractivity contribution is -0.138. The summed E-state index contributed by atoms with van der Waals surface area (Å²) in [7, 11) is 0. The molecule has 1 heterocycles. The zero-order valence-corrected chi connectivity index (χ0v) is 19.3. The second kappa shape index (κ2) is 10.2. The molecule has 0 fully saturated rings. The minimum Gasteiger partial charge on any atom is -0.490 e. The van der Waals surface area contributed by atoms with E-state index < -0.39 is 5.97 Å². The summed E-state index contributed by atoms with van der Waals surface area (Å²) in [5.41, 5.74) is 3.72. The van der Waals surface area contributed by atoms with E-state index >= 15 is 0 Å². The molecule has 0 spiro atoms. The maximum Gasteiger partial charge on any atom is 0.363 e. The number of cyclic esters (lactones) is 1. The predicted molar refractivity (Wildman–Crippen MR) is 131 cm³/mol. The zero-order valence-electron chi connectivity index (χ0n) is 19.3. The maximum atomic E-state index is 12.4. The fraction of sp³-hybridized carbons (Fsp3) is 0.179. The van der Waals surface area contributed by atoms with Crippen molar-refractivity contribution in [3.05, 3.63) is 89.6 Å². The first kappa shape index (κ1) is 23.0. The van der Waals surface area contributed by atoms with Crippen molar-refractivity contribution in [1.82, 2.24) is 0 Å². The summed E-state index contributed by atoms with van der Waals surface area (Å²) in [6.45, 7) is 5.76. The molecule has 6 nitrogen and oxygen atoms in total. The van der Waals surface area contributed by atoms with Gasteiger partial charge in [0.15, 0.2) is 17.2 Å². The summed E-state index contributed by atoms with van der Waals surface area (Å²) in [5, 5.41) is 0. The van der Waals surface area contributed by atoms with Crippen LogP contribution in [0, 0.1) is 5.92 Å². The molecular formula is C28H25NO5. The summed E-state index contributed by atoms with van der Waals surface area (Å²) >= 11 is 0. The zero-order chi connectivity index (χ0) is 24.1. The number of ether oxygens (including phenoxy) is 3. The molecule has 172 valence electrons. The van der Waals surface area contributed by atoms with Gasteiger partial charge in [0.25, 0.3) is 0 Å². The smallest absolute Gasteiger partial charge is 0.363 e. The number of hydrogen-bond acceptors (Lipinski definition) is 6. The lowest BCUT2D eigenvalue weighted by Crippen LogP contribution is -2.15. The van der Waals surface area contributed by atoms with Crippen molar-refractivity contribution in [3.63, 3.8) is 0 Å². The summed E-state index contributed by atoms with van der Waals surface area (Å²) in [5.74, 6) is -0.144. The van der Waals surface area contributed by atoms with Crippen LogP contribution in [0.5, 0.6) is 11.5 Å². The molecule has 0 unspecified atom stereocenters. The van der Waals surface area contributed by atoms with Crippen molar-refractivity contribution in [2.24, 2.45) is 10.9 Å². The van der Waals surface area contributed by atoms with Crippen LogP contribution in [0.3, 0.4) is 0 Å². The highest BCUT2D eigenvalue weighted by atomic mass is 16.6. The van der Waals surface area contributed by atoms with Crippen LogP contribution >= 0.6 is 0 Å². The SMILES string of the molecule is CCOc1cc(/C=C2\N=C(c3ccc(-c4ccccc4)cc3)OC2=O)ccc1OC(=O)C(C)C. The van der Waals surface area contributed by atoms with Gasteiger partial charge in [-0.2, -0.15) is 0 Å². The van der Waals surface area contributed by atoms with Gasteiger partial charge in [0.2, 0.25) is 5.90 Å².